The maximum absolute atomic E-state index is 9.41. The largest absolute Gasteiger partial charge is 3.00 e. The number of aliphatic carboxylic acids is 6. The van der Waals surface area contributed by atoms with Crippen LogP contribution in [0.15, 0.2) is 36.5 Å². The molecule has 0 aliphatic heterocycles. The van der Waals surface area contributed by atoms with Crippen LogP contribution in [0.25, 0.3) is 0 Å². The van der Waals surface area contributed by atoms with Crippen molar-refractivity contribution >= 4 is 35.8 Å². The van der Waals surface area contributed by atoms with Gasteiger partial charge in [-0.25, -0.2) is 0 Å². The summed E-state index contributed by atoms with van der Waals surface area (Å²) in [4.78, 5) is 56.5. The van der Waals surface area contributed by atoms with Crippen molar-refractivity contribution in [1.82, 2.24) is 18.5 Å². The molecule has 28 heavy (non-hydrogen) atoms. The number of carboxylic acids is 6. The molecule has 161 valence electrons. The van der Waals surface area contributed by atoms with Gasteiger partial charge < -0.3 is 77.9 Å². The Morgan fingerprint density at radius 1 is 0.357 bits per heavy atom. The van der Waals surface area contributed by atoms with Gasteiger partial charge in [-0.1, -0.05) is 0 Å². The number of carbonyl (C=O) groups is 6. The zero-order valence-corrected chi connectivity index (χ0v) is 15.8. The summed E-state index contributed by atoms with van der Waals surface area (Å²) in [7, 11) is 0. The van der Waals surface area contributed by atoms with Crippen LogP contribution < -0.4 is 49.1 Å². The van der Waals surface area contributed by atoms with Gasteiger partial charge in [0.05, 0.1) is 35.8 Å². The molecular formula is C12H18FeN3O12. The fourth-order valence-corrected chi connectivity index (χ4v) is 0.408. The van der Waals surface area contributed by atoms with Gasteiger partial charge in [-0.15, -0.1) is 0 Å². The van der Waals surface area contributed by atoms with Crippen LogP contribution in [0.4, 0.5) is 0 Å². The number of quaternary nitrogens is 3. The van der Waals surface area contributed by atoms with E-state index in [1.165, 1.54) is 0 Å². The average Bonchev–Trinajstić information content (AvgIpc) is 2.42. The third kappa shape index (κ3) is 78.8. The molecule has 0 fully saturated rings. The molecule has 0 aliphatic rings. The molecule has 16 heteroatoms. The van der Waals surface area contributed by atoms with Gasteiger partial charge in [0.1, 0.15) is 0 Å². The minimum atomic E-state index is -1.55. The molecule has 0 spiro atoms. The van der Waals surface area contributed by atoms with Gasteiger partial charge in [-0.05, 0) is 36.5 Å². The minimum Gasteiger partial charge on any atom is -0.545 e. The summed E-state index contributed by atoms with van der Waals surface area (Å²) in [6, 6.07) is 0. The van der Waals surface area contributed by atoms with Crippen molar-refractivity contribution in [3.63, 3.8) is 0 Å². The average molecular weight is 452 g/mol. The molecule has 12 N–H and O–H groups in total. The Morgan fingerprint density at radius 3 is 0.464 bits per heavy atom. The van der Waals surface area contributed by atoms with E-state index in [2.05, 4.69) is 0 Å². The molecule has 0 aromatic rings. The molecule has 15 nitrogen and oxygen atoms in total. The van der Waals surface area contributed by atoms with Crippen molar-refractivity contribution in [2.45, 2.75) is 0 Å². The predicted octanol–water partition coefficient (Wildman–Crippen LogP) is -7.75. The zero-order chi connectivity index (χ0) is 19.7. The van der Waals surface area contributed by atoms with Crippen LogP contribution in [-0.4, -0.2) is 35.8 Å². The van der Waals surface area contributed by atoms with Crippen LogP contribution in [0.5, 0.6) is 0 Å². The van der Waals surface area contributed by atoms with Crippen molar-refractivity contribution in [3.05, 3.63) is 36.5 Å². The number of hydrogen-bond acceptors (Lipinski definition) is 12. The zero-order valence-electron chi connectivity index (χ0n) is 14.7. The second-order valence-corrected chi connectivity index (χ2v) is 2.91. The van der Waals surface area contributed by atoms with Gasteiger partial charge in [-0.3, -0.25) is 0 Å². The SMILES string of the molecule is O=C([O-])/C=C/C(=O)[O-].O=C([O-])/C=C/C(=O)[O-].O=C([O-])/C=C\C(=O)[O-].[Fe+3].[NH4+].[NH4+].[NH4+]. The standard InChI is InChI=1S/3C4H4O4.Fe.3H3N/c3*5-3(6)1-2-4(7)8;;;;/h3*1-2H,(H,5,6)(H,7,8);;3*1H3/q;;;+3;;;/p-3/b2*2-1+;2-1-;;;;. The van der Waals surface area contributed by atoms with Crippen molar-refractivity contribution in [1.29, 1.82) is 0 Å². The van der Waals surface area contributed by atoms with Crippen molar-refractivity contribution in [2.24, 2.45) is 0 Å². The predicted molar refractivity (Wildman–Crippen MR) is 75.4 cm³/mol. The van der Waals surface area contributed by atoms with Crippen LogP contribution in [-0.2, 0) is 45.8 Å². The maximum atomic E-state index is 9.41. The first-order valence-electron chi connectivity index (χ1n) is 5.18. The summed E-state index contributed by atoms with van der Waals surface area (Å²) in [5.41, 5.74) is 0. The summed E-state index contributed by atoms with van der Waals surface area (Å²) >= 11 is 0. The topological polar surface area (TPSA) is 350 Å². The molecule has 0 saturated carbocycles. The number of hydrogen-bond donors (Lipinski definition) is 3. The Bertz CT molecular complexity index is 458. The minimum absolute atomic E-state index is 0. The number of carbonyl (C=O) groups excluding carboxylic acids is 6. The molecule has 0 unspecified atom stereocenters. The quantitative estimate of drug-likeness (QED) is 0.250. The van der Waals surface area contributed by atoms with Crippen LogP contribution >= 0.6 is 0 Å². The molecule has 0 aliphatic carbocycles. The summed E-state index contributed by atoms with van der Waals surface area (Å²) in [5, 5.41) is 56.5. The fourth-order valence-electron chi connectivity index (χ4n) is 0.408. The van der Waals surface area contributed by atoms with Crippen LogP contribution in [0.2, 0.25) is 0 Å². The monoisotopic (exact) mass is 452 g/mol. The van der Waals surface area contributed by atoms with E-state index in [1.807, 2.05) is 0 Å². The van der Waals surface area contributed by atoms with Crippen LogP contribution in [0.1, 0.15) is 0 Å². The van der Waals surface area contributed by atoms with E-state index < -0.39 is 35.8 Å². The summed E-state index contributed by atoms with van der Waals surface area (Å²) in [6.45, 7) is 0. The molecule has 0 aromatic heterocycles. The van der Waals surface area contributed by atoms with Crippen LogP contribution in [0.3, 0.4) is 0 Å². The van der Waals surface area contributed by atoms with E-state index in [-0.39, 0.29) is 35.5 Å². The van der Waals surface area contributed by atoms with E-state index in [1.54, 1.807) is 0 Å². The molecule has 0 amide bonds. The van der Waals surface area contributed by atoms with Gasteiger partial charge >= 0.3 is 17.1 Å². The molecule has 0 heterocycles. The van der Waals surface area contributed by atoms with E-state index in [4.69, 9.17) is 0 Å². The van der Waals surface area contributed by atoms with Gasteiger partial charge in [-0.2, -0.15) is 0 Å². The third-order valence-corrected chi connectivity index (χ3v) is 1.07. The summed E-state index contributed by atoms with van der Waals surface area (Å²) < 4.78 is 0. The first-order chi connectivity index (χ1) is 10.9. The smallest absolute Gasteiger partial charge is 0.545 e. The Kier molecular flexibility index (Phi) is 44.5. The molecular weight excluding hydrogens is 434 g/mol. The molecule has 1 radical (unpaired) electrons. The van der Waals surface area contributed by atoms with Crippen molar-refractivity contribution < 1.29 is 76.5 Å². The summed E-state index contributed by atoms with van der Waals surface area (Å²) in [6.07, 6.45) is 2.31. The fraction of sp³-hybridized carbons (Fsp3) is 0. The Hall–Kier alpha value is -3.56. The second-order valence-electron chi connectivity index (χ2n) is 2.91. The first kappa shape index (κ1) is 44.1. The van der Waals surface area contributed by atoms with Crippen LogP contribution in [0, 0.1) is 0 Å². The molecule has 0 rings (SSSR count). The second kappa shape index (κ2) is 28.3. The molecule has 0 bridgehead atoms. The van der Waals surface area contributed by atoms with E-state index in [0.717, 1.165) is 0 Å². The van der Waals surface area contributed by atoms with Gasteiger partial charge in [0, 0.05) is 0 Å². The Labute approximate surface area is 167 Å². The molecule has 0 saturated heterocycles. The maximum Gasteiger partial charge on any atom is 3.00 e. The Morgan fingerprint density at radius 2 is 0.429 bits per heavy atom. The van der Waals surface area contributed by atoms with E-state index in [0.29, 0.717) is 36.5 Å². The van der Waals surface area contributed by atoms with Gasteiger partial charge in [0.25, 0.3) is 0 Å². The Balaban J connectivity index is -0.0000000441. The number of carboxylic acid groups (broad SMARTS) is 6. The first-order valence-corrected chi connectivity index (χ1v) is 5.18. The van der Waals surface area contributed by atoms with Gasteiger partial charge in [0.2, 0.25) is 0 Å². The van der Waals surface area contributed by atoms with Gasteiger partial charge in [0.15, 0.2) is 0 Å². The molecule has 0 atom stereocenters. The third-order valence-electron chi connectivity index (χ3n) is 1.07. The van der Waals surface area contributed by atoms with Crippen molar-refractivity contribution in [3.8, 4) is 0 Å². The number of rotatable bonds is 6. The van der Waals surface area contributed by atoms with Crippen molar-refractivity contribution in [2.75, 3.05) is 0 Å². The molecule has 0 aromatic carbocycles. The van der Waals surface area contributed by atoms with E-state index >= 15 is 0 Å². The van der Waals surface area contributed by atoms with E-state index in [9.17, 15) is 59.4 Å². The summed E-state index contributed by atoms with van der Waals surface area (Å²) in [5.74, 6) is -9.28. The normalized spacial score (nSPS) is 8.14.